The highest BCUT2D eigenvalue weighted by molar-refractivity contribution is 9.10. The number of hydrogen-bond acceptors (Lipinski definition) is 8. The first-order valence-corrected chi connectivity index (χ1v) is 9.34. The number of esters is 1. The van der Waals surface area contributed by atoms with Crippen molar-refractivity contribution in [2.24, 2.45) is 0 Å². The van der Waals surface area contributed by atoms with Gasteiger partial charge in [0.05, 0.1) is 28.5 Å². The smallest absolute Gasteiger partial charge is 0.353 e. The van der Waals surface area contributed by atoms with E-state index in [0.29, 0.717) is 11.4 Å². The molecule has 0 aliphatic carbocycles. The third kappa shape index (κ3) is 4.66. The highest BCUT2D eigenvalue weighted by Gasteiger charge is 2.25. The van der Waals surface area contributed by atoms with E-state index in [2.05, 4.69) is 36.5 Å². The Morgan fingerprint density at radius 2 is 1.66 bits per heavy atom. The average molecular weight is 458 g/mol. The van der Waals surface area contributed by atoms with Crippen LogP contribution in [0.2, 0.25) is 0 Å². The fourth-order valence-corrected chi connectivity index (χ4v) is 2.92. The van der Waals surface area contributed by atoms with Gasteiger partial charge in [0.2, 0.25) is 11.6 Å². The second kappa shape index (κ2) is 9.11. The molecular formula is C19H16BrN5O4. The molecule has 29 heavy (non-hydrogen) atoms. The van der Waals surface area contributed by atoms with Gasteiger partial charge < -0.3 is 15.4 Å². The quantitative estimate of drug-likeness (QED) is 0.294. The number of aromatic nitrogens is 2. The van der Waals surface area contributed by atoms with Crippen LogP contribution in [0, 0.1) is 10.1 Å². The van der Waals surface area contributed by atoms with Crippen LogP contribution < -0.4 is 10.6 Å². The van der Waals surface area contributed by atoms with Crippen molar-refractivity contribution >= 4 is 50.6 Å². The van der Waals surface area contributed by atoms with E-state index < -0.39 is 10.9 Å². The first-order chi connectivity index (χ1) is 14.0. The summed E-state index contributed by atoms with van der Waals surface area (Å²) in [5.74, 6) is -0.594. The van der Waals surface area contributed by atoms with Crippen molar-refractivity contribution in [3.63, 3.8) is 0 Å². The third-order valence-electron chi connectivity index (χ3n) is 3.81. The van der Waals surface area contributed by atoms with E-state index in [1.54, 1.807) is 49.4 Å². The number of hydrogen-bond donors (Lipinski definition) is 2. The molecule has 0 bridgehead atoms. The van der Waals surface area contributed by atoms with Crippen molar-refractivity contribution < 1.29 is 14.5 Å². The number of nitrogens with one attached hydrogen (secondary N) is 2. The van der Waals surface area contributed by atoms with Crippen molar-refractivity contribution in [3.05, 3.63) is 75.0 Å². The van der Waals surface area contributed by atoms with Crippen molar-refractivity contribution in [3.8, 4) is 0 Å². The van der Waals surface area contributed by atoms with Gasteiger partial charge in [-0.05, 0) is 47.1 Å². The first-order valence-electron chi connectivity index (χ1n) is 8.55. The molecule has 0 saturated carbocycles. The SMILES string of the molecule is CCOC(=O)c1ccccc1Nc1ncnc(Nc2ccccc2Br)c1[N+](=O)[O-]. The highest BCUT2D eigenvalue weighted by Crippen LogP contribution is 2.35. The molecule has 148 valence electrons. The lowest BCUT2D eigenvalue weighted by Gasteiger charge is -2.13. The molecule has 0 atom stereocenters. The van der Waals surface area contributed by atoms with Crippen LogP contribution >= 0.6 is 15.9 Å². The van der Waals surface area contributed by atoms with Gasteiger partial charge in [0, 0.05) is 4.47 Å². The number of anilines is 4. The lowest BCUT2D eigenvalue weighted by Crippen LogP contribution is -2.10. The molecule has 0 saturated heterocycles. The number of nitro groups is 1. The average Bonchev–Trinajstić information content (AvgIpc) is 2.70. The van der Waals surface area contributed by atoms with Crippen LogP contribution in [0.25, 0.3) is 0 Å². The Bertz CT molecular complexity index is 1060. The fourth-order valence-electron chi connectivity index (χ4n) is 2.53. The summed E-state index contributed by atoms with van der Waals surface area (Å²) in [5.41, 5.74) is 0.816. The molecule has 0 fully saturated rings. The number of nitrogens with zero attached hydrogens (tertiary/aromatic N) is 3. The van der Waals surface area contributed by atoms with Gasteiger partial charge in [-0.3, -0.25) is 10.1 Å². The van der Waals surface area contributed by atoms with Crippen LogP contribution in [0.4, 0.5) is 28.7 Å². The molecule has 10 heteroatoms. The van der Waals surface area contributed by atoms with Crippen LogP contribution in [0.5, 0.6) is 0 Å². The largest absolute Gasteiger partial charge is 0.462 e. The van der Waals surface area contributed by atoms with Crippen LogP contribution in [0.3, 0.4) is 0 Å². The Morgan fingerprint density at radius 3 is 2.28 bits per heavy atom. The summed E-state index contributed by atoms with van der Waals surface area (Å²) in [7, 11) is 0. The molecule has 1 heterocycles. The second-order valence-electron chi connectivity index (χ2n) is 5.67. The minimum atomic E-state index is -0.589. The van der Waals surface area contributed by atoms with E-state index in [1.165, 1.54) is 6.33 Å². The number of benzene rings is 2. The number of ether oxygens (including phenoxy) is 1. The zero-order valence-electron chi connectivity index (χ0n) is 15.3. The summed E-state index contributed by atoms with van der Waals surface area (Å²) >= 11 is 3.39. The number of rotatable bonds is 7. The van der Waals surface area contributed by atoms with Gasteiger partial charge in [-0.25, -0.2) is 14.8 Å². The van der Waals surface area contributed by atoms with E-state index in [9.17, 15) is 14.9 Å². The van der Waals surface area contributed by atoms with Gasteiger partial charge in [-0.2, -0.15) is 0 Å². The van der Waals surface area contributed by atoms with E-state index in [0.717, 1.165) is 4.47 Å². The molecule has 0 aliphatic heterocycles. The van der Waals surface area contributed by atoms with E-state index in [1.807, 2.05) is 6.07 Å². The highest BCUT2D eigenvalue weighted by atomic mass is 79.9. The lowest BCUT2D eigenvalue weighted by molar-refractivity contribution is -0.383. The summed E-state index contributed by atoms with van der Waals surface area (Å²) < 4.78 is 5.75. The fraction of sp³-hybridized carbons (Fsp3) is 0.105. The van der Waals surface area contributed by atoms with E-state index in [-0.39, 0.29) is 29.5 Å². The molecule has 3 rings (SSSR count). The Morgan fingerprint density at radius 1 is 1.07 bits per heavy atom. The third-order valence-corrected chi connectivity index (χ3v) is 4.50. The molecule has 0 unspecified atom stereocenters. The maximum atomic E-state index is 12.2. The zero-order valence-corrected chi connectivity index (χ0v) is 16.8. The zero-order chi connectivity index (χ0) is 20.8. The summed E-state index contributed by atoms with van der Waals surface area (Å²) in [6.07, 6.45) is 1.20. The summed E-state index contributed by atoms with van der Waals surface area (Å²) in [6.45, 7) is 1.91. The minimum absolute atomic E-state index is 0.00742. The standard InChI is InChI=1S/C19H16BrN5O4/c1-2-29-19(26)12-7-3-5-9-14(12)23-17-16(25(27)28)18(22-11-21-17)24-15-10-6-4-8-13(15)20/h3-11H,2H2,1H3,(H2,21,22,23,24). The Labute approximate surface area is 174 Å². The predicted octanol–water partition coefficient (Wildman–Crippen LogP) is 4.81. The molecule has 1 aromatic heterocycles. The van der Waals surface area contributed by atoms with Gasteiger partial charge in [0.15, 0.2) is 0 Å². The maximum absolute atomic E-state index is 12.2. The number of carbonyl (C=O) groups is 1. The Kier molecular flexibility index (Phi) is 6.35. The van der Waals surface area contributed by atoms with E-state index in [4.69, 9.17) is 4.74 Å². The summed E-state index contributed by atoms with van der Waals surface area (Å²) in [5, 5.41) is 17.6. The van der Waals surface area contributed by atoms with Crippen molar-refractivity contribution in [1.82, 2.24) is 9.97 Å². The molecule has 9 nitrogen and oxygen atoms in total. The summed E-state index contributed by atoms with van der Waals surface area (Å²) in [6, 6.07) is 13.7. The maximum Gasteiger partial charge on any atom is 0.353 e. The minimum Gasteiger partial charge on any atom is -0.462 e. The normalized spacial score (nSPS) is 10.3. The van der Waals surface area contributed by atoms with Crippen molar-refractivity contribution in [2.45, 2.75) is 6.92 Å². The van der Waals surface area contributed by atoms with Gasteiger partial charge >= 0.3 is 11.7 Å². The number of para-hydroxylation sites is 2. The second-order valence-corrected chi connectivity index (χ2v) is 6.53. The van der Waals surface area contributed by atoms with Crippen LogP contribution in [-0.4, -0.2) is 27.5 Å². The molecule has 0 amide bonds. The molecule has 2 aromatic carbocycles. The lowest BCUT2D eigenvalue weighted by atomic mass is 10.2. The number of halogens is 1. The van der Waals surface area contributed by atoms with Gasteiger partial charge in [-0.1, -0.05) is 24.3 Å². The summed E-state index contributed by atoms with van der Waals surface area (Å²) in [4.78, 5) is 31.4. The molecule has 2 N–H and O–H groups in total. The van der Waals surface area contributed by atoms with Crippen molar-refractivity contribution in [2.75, 3.05) is 17.2 Å². The molecule has 0 spiro atoms. The van der Waals surface area contributed by atoms with Gasteiger partial charge in [0.1, 0.15) is 6.33 Å². The molecule has 0 aliphatic rings. The van der Waals surface area contributed by atoms with Crippen molar-refractivity contribution in [1.29, 1.82) is 0 Å². The monoisotopic (exact) mass is 457 g/mol. The Hall–Kier alpha value is -3.53. The van der Waals surface area contributed by atoms with Crippen LogP contribution in [-0.2, 0) is 4.74 Å². The van der Waals surface area contributed by atoms with Crippen LogP contribution in [0.15, 0.2) is 59.3 Å². The number of carbonyl (C=O) groups excluding carboxylic acids is 1. The van der Waals surface area contributed by atoms with Gasteiger partial charge in [-0.15, -0.1) is 0 Å². The van der Waals surface area contributed by atoms with Crippen LogP contribution in [0.1, 0.15) is 17.3 Å². The van der Waals surface area contributed by atoms with Gasteiger partial charge in [0.25, 0.3) is 0 Å². The topological polar surface area (TPSA) is 119 Å². The Balaban J connectivity index is 2.00. The molecular weight excluding hydrogens is 442 g/mol. The first kappa shape index (κ1) is 20.2. The van der Waals surface area contributed by atoms with E-state index >= 15 is 0 Å². The molecule has 3 aromatic rings. The molecule has 0 radical (unpaired) electrons. The predicted molar refractivity (Wildman–Crippen MR) is 112 cm³/mol.